The molecule has 1 aromatic carbocycles. The third kappa shape index (κ3) is 3.70. The SMILES string of the molecule is CCNC(=O)CCOc1ccc2c(c1)CCCC2N. The summed E-state index contributed by atoms with van der Waals surface area (Å²) in [7, 11) is 0. The fraction of sp³-hybridized carbons (Fsp3) is 0.533. The van der Waals surface area contributed by atoms with Crippen molar-refractivity contribution >= 4 is 5.91 Å². The van der Waals surface area contributed by atoms with Gasteiger partial charge in [0, 0.05) is 12.6 Å². The van der Waals surface area contributed by atoms with Crippen LogP contribution in [0, 0.1) is 0 Å². The van der Waals surface area contributed by atoms with Gasteiger partial charge in [0.25, 0.3) is 0 Å². The summed E-state index contributed by atoms with van der Waals surface area (Å²) in [6, 6.07) is 6.22. The molecule has 1 aromatic rings. The summed E-state index contributed by atoms with van der Waals surface area (Å²) >= 11 is 0. The smallest absolute Gasteiger partial charge is 0.223 e. The predicted molar refractivity (Wildman–Crippen MR) is 75.1 cm³/mol. The Labute approximate surface area is 114 Å². The number of carbonyl (C=O) groups excluding carboxylic acids is 1. The quantitative estimate of drug-likeness (QED) is 0.852. The summed E-state index contributed by atoms with van der Waals surface area (Å²) in [5.74, 6) is 0.861. The molecule has 0 bridgehead atoms. The topological polar surface area (TPSA) is 64.3 Å². The van der Waals surface area contributed by atoms with Gasteiger partial charge in [0.1, 0.15) is 5.75 Å². The van der Waals surface area contributed by atoms with Crippen molar-refractivity contribution in [3.8, 4) is 5.75 Å². The molecule has 1 atom stereocenters. The minimum absolute atomic E-state index is 0.0301. The molecule has 0 heterocycles. The molecule has 1 unspecified atom stereocenters. The van der Waals surface area contributed by atoms with Crippen LogP contribution in [0.15, 0.2) is 18.2 Å². The molecule has 0 spiro atoms. The van der Waals surface area contributed by atoms with Gasteiger partial charge in [-0.15, -0.1) is 0 Å². The van der Waals surface area contributed by atoms with Crippen LogP contribution in [0.3, 0.4) is 0 Å². The van der Waals surface area contributed by atoms with Crippen LogP contribution < -0.4 is 15.8 Å². The van der Waals surface area contributed by atoms with Crippen LogP contribution in [0.4, 0.5) is 0 Å². The molecular formula is C15H22N2O2. The Morgan fingerprint density at radius 2 is 2.37 bits per heavy atom. The largest absolute Gasteiger partial charge is 0.493 e. The van der Waals surface area contributed by atoms with Gasteiger partial charge >= 0.3 is 0 Å². The zero-order valence-electron chi connectivity index (χ0n) is 11.4. The molecule has 4 nitrogen and oxygen atoms in total. The Hall–Kier alpha value is -1.55. The van der Waals surface area contributed by atoms with Crippen molar-refractivity contribution in [2.24, 2.45) is 5.73 Å². The van der Waals surface area contributed by atoms with E-state index in [0.29, 0.717) is 19.6 Å². The molecule has 0 radical (unpaired) electrons. The van der Waals surface area contributed by atoms with E-state index < -0.39 is 0 Å². The molecule has 0 aromatic heterocycles. The third-order valence-corrected chi connectivity index (χ3v) is 3.45. The van der Waals surface area contributed by atoms with Crippen molar-refractivity contribution in [3.05, 3.63) is 29.3 Å². The minimum atomic E-state index is 0.0301. The van der Waals surface area contributed by atoms with Crippen LogP contribution in [0.2, 0.25) is 0 Å². The first-order valence-electron chi connectivity index (χ1n) is 6.98. The second kappa shape index (κ2) is 6.57. The van der Waals surface area contributed by atoms with Crippen LogP contribution >= 0.6 is 0 Å². The van der Waals surface area contributed by atoms with Crippen molar-refractivity contribution in [2.45, 2.75) is 38.6 Å². The van der Waals surface area contributed by atoms with Crippen LogP contribution in [0.25, 0.3) is 0 Å². The average molecular weight is 262 g/mol. The van der Waals surface area contributed by atoms with E-state index in [1.165, 1.54) is 11.1 Å². The molecule has 2 rings (SSSR count). The number of ether oxygens (including phenoxy) is 1. The maximum absolute atomic E-state index is 11.3. The van der Waals surface area contributed by atoms with Crippen LogP contribution in [0.1, 0.15) is 43.4 Å². The summed E-state index contributed by atoms with van der Waals surface area (Å²) in [6.45, 7) is 2.98. The average Bonchev–Trinajstić information content (AvgIpc) is 2.39. The van der Waals surface area contributed by atoms with Crippen molar-refractivity contribution < 1.29 is 9.53 Å². The predicted octanol–water partition coefficient (Wildman–Crippen LogP) is 1.93. The number of rotatable bonds is 5. The minimum Gasteiger partial charge on any atom is -0.493 e. The van der Waals surface area contributed by atoms with Gasteiger partial charge in [-0.1, -0.05) is 6.07 Å². The number of carbonyl (C=O) groups is 1. The van der Waals surface area contributed by atoms with E-state index in [1.54, 1.807) is 0 Å². The zero-order chi connectivity index (χ0) is 13.7. The molecule has 1 amide bonds. The Bertz CT molecular complexity index is 446. The van der Waals surface area contributed by atoms with Crippen LogP contribution in [-0.2, 0) is 11.2 Å². The third-order valence-electron chi connectivity index (χ3n) is 3.45. The first kappa shape index (κ1) is 13.9. The molecule has 19 heavy (non-hydrogen) atoms. The van der Waals surface area contributed by atoms with Gasteiger partial charge in [0.15, 0.2) is 0 Å². The maximum atomic E-state index is 11.3. The molecule has 104 valence electrons. The lowest BCUT2D eigenvalue weighted by molar-refractivity contribution is -0.121. The van der Waals surface area contributed by atoms with Gasteiger partial charge in [0.2, 0.25) is 5.91 Å². The second-order valence-electron chi connectivity index (χ2n) is 4.91. The Morgan fingerprint density at radius 3 is 3.16 bits per heavy atom. The highest BCUT2D eigenvalue weighted by Gasteiger charge is 2.16. The van der Waals surface area contributed by atoms with E-state index in [0.717, 1.165) is 25.0 Å². The zero-order valence-corrected chi connectivity index (χ0v) is 11.4. The Balaban J connectivity index is 1.90. The number of fused-ring (bicyclic) bond motifs is 1. The van der Waals surface area contributed by atoms with Gasteiger partial charge in [-0.25, -0.2) is 0 Å². The molecular weight excluding hydrogens is 240 g/mol. The monoisotopic (exact) mass is 262 g/mol. The van der Waals surface area contributed by atoms with Gasteiger partial charge in [0.05, 0.1) is 13.0 Å². The van der Waals surface area contributed by atoms with Gasteiger partial charge in [-0.3, -0.25) is 4.79 Å². The van der Waals surface area contributed by atoms with Gasteiger partial charge in [-0.2, -0.15) is 0 Å². The molecule has 3 N–H and O–H groups in total. The van der Waals surface area contributed by atoms with Crippen molar-refractivity contribution in [2.75, 3.05) is 13.2 Å². The number of nitrogens with two attached hydrogens (primary N) is 1. The lowest BCUT2D eigenvalue weighted by Gasteiger charge is -2.22. The lowest BCUT2D eigenvalue weighted by atomic mass is 9.88. The Morgan fingerprint density at radius 1 is 1.53 bits per heavy atom. The summed E-state index contributed by atoms with van der Waals surface area (Å²) < 4.78 is 5.62. The molecule has 0 aliphatic heterocycles. The Kier molecular flexibility index (Phi) is 4.80. The molecule has 4 heteroatoms. The number of aryl methyl sites for hydroxylation is 1. The van der Waals surface area contributed by atoms with Crippen LogP contribution in [0.5, 0.6) is 5.75 Å². The number of benzene rings is 1. The van der Waals surface area contributed by atoms with E-state index in [9.17, 15) is 4.79 Å². The van der Waals surface area contributed by atoms with Gasteiger partial charge in [-0.05, 0) is 49.4 Å². The molecule has 0 fully saturated rings. The van der Waals surface area contributed by atoms with Gasteiger partial charge < -0.3 is 15.8 Å². The van der Waals surface area contributed by atoms with E-state index in [4.69, 9.17) is 10.5 Å². The second-order valence-corrected chi connectivity index (χ2v) is 4.91. The molecule has 1 aliphatic rings. The number of nitrogens with one attached hydrogen (secondary N) is 1. The highest BCUT2D eigenvalue weighted by atomic mass is 16.5. The number of hydrogen-bond acceptors (Lipinski definition) is 3. The normalized spacial score (nSPS) is 17.7. The number of hydrogen-bond donors (Lipinski definition) is 2. The van der Waals surface area contributed by atoms with E-state index >= 15 is 0 Å². The molecule has 0 saturated heterocycles. The van der Waals surface area contributed by atoms with Crippen LogP contribution in [-0.4, -0.2) is 19.1 Å². The standard InChI is InChI=1S/C15H22N2O2/c1-2-17-15(18)8-9-19-12-6-7-13-11(10-12)4-3-5-14(13)16/h6-7,10,14H,2-5,8-9,16H2,1H3,(H,17,18). The van der Waals surface area contributed by atoms with E-state index in [1.807, 2.05) is 13.0 Å². The highest BCUT2D eigenvalue weighted by Crippen LogP contribution is 2.30. The highest BCUT2D eigenvalue weighted by molar-refractivity contribution is 5.75. The molecule has 0 saturated carbocycles. The molecule has 1 aliphatic carbocycles. The number of amides is 1. The summed E-state index contributed by atoms with van der Waals surface area (Å²) in [6.07, 6.45) is 3.65. The first-order valence-corrected chi connectivity index (χ1v) is 6.98. The summed E-state index contributed by atoms with van der Waals surface area (Å²) in [5, 5.41) is 2.75. The van der Waals surface area contributed by atoms with Crippen molar-refractivity contribution in [1.82, 2.24) is 5.32 Å². The van der Waals surface area contributed by atoms with E-state index in [-0.39, 0.29) is 11.9 Å². The van der Waals surface area contributed by atoms with Crippen molar-refractivity contribution in [3.63, 3.8) is 0 Å². The van der Waals surface area contributed by atoms with E-state index in [2.05, 4.69) is 17.4 Å². The summed E-state index contributed by atoms with van der Waals surface area (Å²) in [5.41, 5.74) is 8.60. The van der Waals surface area contributed by atoms with Crippen molar-refractivity contribution in [1.29, 1.82) is 0 Å². The first-order chi connectivity index (χ1) is 9.20. The maximum Gasteiger partial charge on any atom is 0.223 e. The lowest BCUT2D eigenvalue weighted by Crippen LogP contribution is -2.24. The fourth-order valence-corrected chi connectivity index (χ4v) is 2.47. The summed E-state index contributed by atoms with van der Waals surface area (Å²) in [4.78, 5) is 11.3. The fourth-order valence-electron chi connectivity index (χ4n) is 2.47.